The van der Waals surface area contributed by atoms with Crippen molar-refractivity contribution in [2.75, 3.05) is 16.2 Å². The lowest BCUT2D eigenvalue weighted by Crippen LogP contribution is -2.42. The van der Waals surface area contributed by atoms with Crippen LogP contribution < -0.4 is 14.4 Å². The molecular weight excluding hydrogens is 462 g/mol. The van der Waals surface area contributed by atoms with E-state index in [0.717, 1.165) is 4.88 Å². The number of carbonyl (C=O) groups is 1. The van der Waals surface area contributed by atoms with Crippen LogP contribution in [0.3, 0.4) is 0 Å². The number of carbonyl (C=O) groups excluding carboxylic acids is 1. The fourth-order valence-corrected chi connectivity index (χ4v) is 5.75. The number of amides is 1. The first-order chi connectivity index (χ1) is 15.9. The Bertz CT molecular complexity index is 1400. The summed E-state index contributed by atoms with van der Waals surface area (Å²) in [5, 5.41) is 8.44. The largest absolute Gasteiger partial charge is 0.487 e. The van der Waals surface area contributed by atoms with Crippen LogP contribution in [-0.2, 0) is 10.0 Å². The first-order valence-electron chi connectivity index (χ1n) is 10.1. The second-order valence-electron chi connectivity index (χ2n) is 7.46. The molecule has 8 nitrogen and oxygen atoms in total. The van der Waals surface area contributed by atoms with Gasteiger partial charge in [-0.1, -0.05) is 23.4 Å². The predicted octanol–water partition coefficient (Wildman–Crippen LogP) is 4.63. The molecule has 0 unspecified atom stereocenters. The van der Waals surface area contributed by atoms with Gasteiger partial charge in [0.25, 0.3) is 15.9 Å². The topological polar surface area (TPSA) is 102 Å². The summed E-state index contributed by atoms with van der Waals surface area (Å²) in [6, 6.07) is 18.4. The van der Waals surface area contributed by atoms with Crippen molar-refractivity contribution in [2.24, 2.45) is 0 Å². The Labute approximate surface area is 194 Å². The summed E-state index contributed by atoms with van der Waals surface area (Å²) in [6.07, 6.45) is -0.283. The number of rotatable bonds is 5. The molecule has 1 amide bonds. The molecule has 0 radical (unpaired) electrons. The van der Waals surface area contributed by atoms with Crippen LogP contribution in [0.4, 0.5) is 11.4 Å². The molecule has 0 spiro atoms. The Morgan fingerprint density at radius 2 is 1.91 bits per heavy atom. The van der Waals surface area contributed by atoms with E-state index < -0.39 is 15.9 Å². The summed E-state index contributed by atoms with van der Waals surface area (Å²) in [6.45, 7) is 2.03. The molecule has 5 rings (SSSR count). The van der Waals surface area contributed by atoms with E-state index >= 15 is 0 Å². The first kappa shape index (κ1) is 21.2. The molecule has 0 saturated carbocycles. The van der Waals surface area contributed by atoms with E-state index in [-0.39, 0.29) is 23.2 Å². The van der Waals surface area contributed by atoms with Crippen molar-refractivity contribution in [1.82, 2.24) is 5.16 Å². The number of ether oxygens (including phenoxy) is 1. The zero-order valence-electron chi connectivity index (χ0n) is 17.5. The van der Waals surface area contributed by atoms with Gasteiger partial charge in [-0.25, -0.2) is 8.42 Å². The molecule has 10 heteroatoms. The van der Waals surface area contributed by atoms with Crippen molar-refractivity contribution >= 4 is 38.6 Å². The van der Waals surface area contributed by atoms with Crippen LogP contribution in [0.5, 0.6) is 5.75 Å². The molecule has 1 atom stereocenters. The standard InChI is InChI=1S/C23H19N3O5S2/c1-15-14-26(19-5-2-3-6-20(19)30-15)33(28,29)17-10-8-16(9-11-17)24-23(27)18-13-21(31-25-18)22-7-4-12-32-22/h2-13,15H,14H2,1H3,(H,24,27)/t15-/m1/s1. The van der Waals surface area contributed by atoms with Gasteiger partial charge >= 0.3 is 0 Å². The number of nitrogens with zero attached hydrogens (tertiary/aromatic N) is 2. The number of aromatic nitrogens is 1. The third-order valence-electron chi connectivity index (χ3n) is 5.09. The molecule has 0 aliphatic carbocycles. The van der Waals surface area contributed by atoms with Gasteiger partial charge in [0, 0.05) is 11.8 Å². The molecule has 0 bridgehead atoms. The van der Waals surface area contributed by atoms with Crippen LogP contribution in [0.1, 0.15) is 17.4 Å². The molecule has 1 aliphatic rings. The number of nitrogens with one attached hydrogen (secondary N) is 1. The van der Waals surface area contributed by atoms with Gasteiger partial charge in [-0.05, 0) is 54.8 Å². The highest BCUT2D eigenvalue weighted by molar-refractivity contribution is 7.92. The Balaban J connectivity index is 1.34. The van der Waals surface area contributed by atoms with Gasteiger partial charge in [0.05, 0.1) is 22.0 Å². The zero-order valence-corrected chi connectivity index (χ0v) is 19.1. The lowest BCUT2D eigenvalue weighted by molar-refractivity contribution is 0.101. The van der Waals surface area contributed by atoms with E-state index in [9.17, 15) is 13.2 Å². The first-order valence-corrected chi connectivity index (χ1v) is 12.4. The third-order valence-corrected chi connectivity index (χ3v) is 7.77. The van der Waals surface area contributed by atoms with Gasteiger partial charge in [0.1, 0.15) is 11.9 Å². The predicted molar refractivity (Wildman–Crippen MR) is 125 cm³/mol. The van der Waals surface area contributed by atoms with Gasteiger partial charge in [-0.3, -0.25) is 9.10 Å². The summed E-state index contributed by atoms with van der Waals surface area (Å²) < 4.78 is 39.0. The highest BCUT2D eigenvalue weighted by Gasteiger charge is 2.32. The molecule has 1 N–H and O–H groups in total. The highest BCUT2D eigenvalue weighted by Crippen LogP contribution is 2.36. The maximum absolute atomic E-state index is 13.3. The van der Waals surface area contributed by atoms with E-state index in [4.69, 9.17) is 9.26 Å². The smallest absolute Gasteiger partial charge is 0.277 e. The maximum Gasteiger partial charge on any atom is 0.277 e. The summed E-state index contributed by atoms with van der Waals surface area (Å²) in [7, 11) is -3.81. The fraction of sp³-hybridized carbons (Fsp3) is 0.130. The monoisotopic (exact) mass is 481 g/mol. The normalized spacial score (nSPS) is 15.5. The molecule has 1 aliphatic heterocycles. The van der Waals surface area contributed by atoms with Gasteiger partial charge in [-0.15, -0.1) is 11.3 Å². The van der Waals surface area contributed by atoms with Gasteiger partial charge < -0.3 is 14.6 Å². The molecule has 3 heterocycles. The van der Waals surface area contributed by atoms with Crippen LogP contribution in [0.2, 0.25) is 0 Å². The summed E-state index contributed by atoms with van der Waals surface area (Å²) >= 11 is 1.48. The SMILES string of the molecule is C[C@@H]1CN(S(=O)(=O)c2ccc(NC(=O)c3cc(-c4cccs4)on3)cc2)c2ccccc2O1. The average Bonchev–Trinajstić information content (AvgIpc) is 3.51. The van der Waals surface area contributed by atoms with E-state index in [1.54, 1.807) is 42.5 Å². The van der Waals surface area contributed by atoms with Crippen LogP contribution in [0, 0.1) is 0 Å². The minimum Gasteiger partial charge on any atom is -0.487 e. The quantitative estimate of drug-likeness (QED) is 0.446. The summed E-state index contributed by atoms with van der Waals surface area (Å²) in [5.41, 5.74) is 1.07. The van der Waals surface area contributed by atoms with Crippen molar-refractivity contribution in [3.8, 4) is 16.4 Å². The van der Waals surface area contributed by atoms with E-state index in [0.29, 0.717) is 22.9 Å². The molecular formula is C23H19N3O5S2. The van der Waals surface area contributed by atoms with Crippen molar-refractivity contribution in [3.05, 3.63) is 77.8 Å². The van der Waals surface area contributed by atoms with Crippen LogP contribution in [0.25, 0.3) is 10.6 Å². The van der Waals surface area contributed by atoms with Gasteiger partial charge in [0.2, 0.25) is 0 Å². The minimum absolute atomic E-state index is 0.116. The number of fused-ring (bicyclic) bond motifs is 1. The Kier molecular flexibility index (Phi) is 5.39. The number of hydrogen-bond donors (Lipinski definition) is 1. The third kappa shape index (κ3) is 4.10. The van der Waals surface area contributed by atoms with E-state index in [1.165, 1.54) is 27.8 Å². The van der Waals surface area contributed by atoms with Crippen molar-refractivity contribution in [3.63, 3.8) is 0 Å². The Morgan fingerprint density at radius 3 is 2.67 bits per heavy atom. The molecule has 2 aromatic heterocycles. The van der Waals surface area contributed by atoms with Gasteiger partial charge in [0.15, 0.2) is 11.5 Å². The van der Waals surface area contributed by atoms with Crippen molar-refractivity contribution in [2.45, 2.75) is 17.9 Å². The second-order valence-corrected chi connectivity index (χ2v) is 10.3. The maximum atomic E-state index is 13.3. The summed E-state index contributed by atoms with van der Waals surface area (Å²) in [5.74, 6) is 0.586. The highest BCUT2D eigenvalue weighted by atomic mass is 32.2. The van der Waals surface area contributed by atoms with E-state index in [2.05, 4.69) is 10.5 Å². The Morgan fingerprint density at radius 1 is 1.12 bits per heavy atom. The fourth-order valence-electron chi connectivity index (χ4n) is 3.53. The lowest BCUT2D eigenvalue weighted by Gasteiger charge is -2.34. The minimum atomic E-state index is -3.81. The zero-order chi connectivity index (χ0) is 23.0. The average molecular weight is 482 g/mol. The number of thiophene rings is 1. The molecule has 4 aromatic rings. The molecule has 33 heavy (non-hydrogen) atoms. The number of sulfonamides is 1. The number of hydrogen-bond acceptors (Lipinski definition) is 7. The Hall–Kier alpha value is -3.63. The second kappa shape index (κ2) is 8.38. The number of para-hydroxylation sites is 2. The lowest BCUT2D eigenvalue weighted by atomic mass is 10.2. The van der Waals surface area contributed by atoms with Crippen molar-refractivity contribution in [1.29, 1.82) is 0 Å². The molecule has 0 fully saturated rings. The number of benzene rings is 2. The van der Waals surface area contributed by atoms with Crippen LogP contribution in [0.15, 0.2) is 81.5 Å². The molecule has 2 aromatic carbocycles. The molecule has 168 valence electrons. The van der Waals surface area contributed by atoms with Gasteiger partial charge in [-0.2, -0.15) is 0 Å². The van der Waals surface area contributed by atoms with Crippen molar-refractivity contribution < 1.29 is 22.5 Å². The number of anilines is 2. The van der Waals surface area contributed by atoms with E-state index in [1.807, 2.05) is 24.4 Å². The summed E-state index contributed by atoms with van der Waals surface area (Å²) in [4.78, 5) is 13.5. The van der Waals surface area contributed by atoms with Crippen LogP contribution >= 0.6 is 11.3 Å². The van der Waals surface area contributed by atoms with Crippen LogP contribution in [-0.4, -0.2) is 32.1 Å². The molecule has 0 saturated heterocycles.